The maximum absolute atomic E-state index is 12.5. The molecule has 0 saturated carbocycles. The van der Waals surface area contributed by atoms with Crippen molar-refractivity contribution < 1.29 is 9.53 Å². The largest absolute Gasteiger partial charge is 0.496 e. The Kier molecular flexibility index (Phi) is 6.82. The predicted molar refractivity (Wildman–Crippen MR) is 123 cm³/mol. The van der Waals surface area contributed by atoms with E-state index in [2.05, 4.69) is 20.3 Å². The highest BCUT2D eigenvalue weighted by atomic mass is 32.2. The lowest BCUT2D eigenvalue weighted by Crippen LogP contribution is -2.31. The molecule has 0 bridgehead atoms. The van der Waals surface area contributed by atoms with E-state index in [-0.39, 0.29) is 16.7 Å². The zero-order valence-electron chi connectivity index (χ0n) is 18.0. The van der Waals surface area contributed by atoms with Crippen LogP contribution in [0, 0.1) is 27.7 Å². The number of aromatic amines is 1. The number of ether oxygens (including phenoxy) is 1. The molecule has 0 aliphatic carbocycles. The summed E-state index contributed by atoms with van der Waals surface area (Å²) in [5, 5.41) is 3.29. The first-order valence-electron chi connectivity index (χ1n) is 9.60. The summed E-state index contributed by atoms with van der Waals surface area (Å²) in [4.78, 5) is 38.6. The number of aryl methyl sites for hydroxylation is 3. The number of methoxy groups -OCH3 is 1. The van der Waals surface area contributed by atoms with Crippen molar-refractivity contribution in [1.29, 1.82) is 0 Å². The lowest BCUT2D eigenvalue weighted by Gasteiger charge is -2.15. The van der Waals surface area contributed by atoms with E-state index in [9.17, 15) is 9.59 Å². The number of aromatic nitrogens is 3. The highest BCUT2D eigenvalue weighted by Crippen LogP contribution is 2.27. The lowest BCUT2D eigenvalue weighted by molar-refractivity contribution is -0.120. The number of nitrogens with one attached hydrogen (secondary N) is 2. The Balaban J connectivity index is 1.61. The number of carbonyl (C=O) groups excluding carboxylic acids is 1. The van der Waals surface area contributed by atoms with Gasteiger partial charge < -0.3 is 15.0 Å². The molecule has 3 rings (SSSR count). The van der Waals surface area contributed by atoms with Crippen LogP contribution >= 0.6 is 23.1 Å². The van der Waals surface area contributed by atoms with Crippen molar-refractivity contribution in [3.63, 3.8) is 0 Å². The van der Waals surface area contributed by atoms with Gasteiger partial charge in [0, 0.05) is 22.2 Å². The van der Waals surface area contributed by atoms with Gasteiger partial charge in [0.25, 0.3) is 5.56 Å². The molecule has 3 aromatic heterocycles. The zero-order valence-corrected chi connectivity index (χ0v) is 19.6. The topological polar surface area (TPSA) is 97.0 Å². The molecule has 0 spiro atoms. The molecule has 1 atom stereocenters. The number of hydrogen-bond acceptors (Lipinski definition) is 7. The smallest absolute Gasteiger partial charge is 0.259 e. The van der Waals surface area contributed by atoms with Gasteiger partial charge in [-0.1, -0.05) is 0 Å². The van der Waals surface area contributed by atoms with Gasteiger partial charge in [0.1, 0.15) is 16.4 Å². The normalized spacial score (nSPS) is 12.2. The van der Waals surface area contributed by atoms with Crippen molar-refractivity contribution in [2.45, 2.75) is 52.2 Å². The van der Waals surface area contributed by atoms with Crippen LogP contribution < -0.4 is 15.6 Å². The number of thiophene rings is 1. The summed E-state index contributed by atoms with van der Waals surface area (Å²) in [7, 11) is 1.63. The van der Waals surface area contributed by atoms with Crippen LogP contribution in [0.3, 0.4) is 0 Å². The van der Waals surface area contributed by atoms with E-state index < -0.39 is 0 Å². The van der Waals surface area contributed by atoms with Crippen molar-refractivity contribution in [2.24, 2.45) is 0 Å². The number of pyridine rings is 1. The third-order valence-electron chi connectivity index (χ3n) is 5.11. The highest BCUT2D eigenvalue weighted by Gasteiger charge is 2.17. The minimum absolute atomic E-state index is 0.0908. The molecule has 1 amide bonds. The minimum atomic E-state index is -0.301. The molecule has 2 N–H and O–H groups in total. The van der Waals surface area contributed by atoms with Crippen LogP contribution in [-0.4, -0.2) is 33.2 Å². The summed E-state index contributed by atoms with van der Waals surface area (Å²) in [5.41, 5.74) is 3.53. The lowest BCUT2D eigenvalue weighted by atomic mass is 10.1. The van der Waals surface area contributed by atoms with Crippen LogP contribution in [0.2, 0.25) is 0 Å². The number of hydrogen-bond donors (Lipinski definition) is 2. The Hall–Kier alpha value is -2.39. The molecule has 30 heavy (non-hydrogen) atoms. The Labute approximate surface area is 183 Å². The molecule has 0 aliphatic heterocycles. The molecule has 3 heterocycles. The highest BCUT2D eigenvalue weighted by molar-refractivity contribution is 7.99. The van der Waals surface area contributed by atoms with E-state index in [1.807, 2.05) is 34.6 Å². The minimum Gasteiger partial charge on any atom is -0.496 e. The molecule has 3 aromatic rings. The van der Waals surface area contributed by atoms with Gasteiger partial charge in [0.2, 0.25) is 5.91 Å². The quantitative estimate of drug-likeness (QED) is 0.576. The van der Waals surface area contributed by atoms with Crippen molar-refractivity contribution in [1.82, 2.24) is 20.3 Å². The first-order chi connectivity index (χ1) is 14.2. The van der Waals surface area contributed by atoms with E-state index in [1.54, 1.807) is 13.3 Å². The SMILES string of the molecule is COc1c(C)cnc(CNC(=O)C(C)SCc2nc3sc(C)c(C)c3c(=O)[nH]2)c1C. The van der Waals surface area contributed by atoms with Crippen LogP contribution in [0.15, 0.2) is 11.0 Å². The van der Waals surface area contributed by atoms with Crippen LogP contribution in [0.25, 0.3) is 10.2 Å². The number of thioether (sulfide) groups is 1. The van der Waals surface area contributed by atoms with Gasteiger partial charge in [-0.3, -0.25) is 14.6 Å². The Bertz CT molecular complexity index is 1150. The van der Waals surface area contributed by atoms with E-state index >= 15 is 0 Å². The molecule has 9 heteroatoms. The average molecular weight is 447 g/mol. The third-order valence-corrected chi connectivity index (χ3v) is 7.36. The fraction of sp³-hybridized carbons (Fsp3) is 0.429. The van der Waals surface area contributed by atoms with Gasteiger partial charge in [0.15, 0.2) is 0 Å². The van der Waals surface area contributed by atoms with Crippen molar-refractivity contribution in [3.8, 4) is 5.75 Å². The van der Waals surface area contributed by atoms with Gasteiger partial charge in [-0.25, -0.2) is 4.98 Å². The summed E-state index contributed by atoms with van der Waals surface area (Å²) in [5.74, 6) is 1.73. The van der Waals surface area contributed by atoms with E-state index in [0.29, 0.717) is 23.5 Å². The van der Waals surface area contributed by atoms with E-state index in [0.717, 1.165) is 37.8 Å². The van der Waals surface area contributed by atoms with Crippen molar-refractivity contribution in [3.05, 3.63) is 49.6 Å². The molecular formula is C21H26N4O3S2. The summed E-state index contributed by atoms with van der Waals surface area (Å²) >= 11 is 2.95. The summed E-state index contributed by atoms with van der Waals surface area (Å²) in [6, 6.07) is 0. The van der Waals surface area contributed by atoms with Gasteiger partial charge in [-0.2, -0.15) is 0 Å². The summed E-state index contributed by atoms with van der Waals surface area (Å²) < 4.78 is 5.42. The maximum atomic E-state index is 12.5. The van der Waals surface area contributed by atoms with Gasteiger partial charge in [0.05, 0.1) is 35.7 Å². The van der Waals surface area contributed by atoms with Crippen molar-refractivity contribution in [2.75, 3.05) is 7.11 Å². The number of amides is 1. The second-order valence-electron chi connectivity index (χ2n) is 7.19. The predicted octanol–water partition coefficient (Wildman–Crippen LogP) is 3.56. The van der Waals surface area contributed by atoms with Gasteiger partial charge >= 0.3 is 0 Å². The Morgan fingerprint density at radius 2 is 2.03 bits per heavy atom. The molecule has 160 valence electrons. The number of carbonyl (C=O) groups is 1. The molecule has 0 fully saturated rings. The molecule has 0 aromatic carbocycles. The standard InChI is InChI=1S/C21H26N4O3S2/c1-10-7-22-15(12(3)18(10)28-6)8-23-19(26)14(5)29-9-16-24-20(27)17-11(2)13(4)30-21(17)25-16/h7,14H,8-9H2,1-6H3,(H,23,26)(H,24,25,27). The van der Waals surface area contributed by atoms with Crippen molar-refractivity contribution >= 4 is 39.2 Å². The number of nitrogens with zero attached hydrogens (tertiary/aromatic N) is 2. The summed E-state index contributed by atoms with van der Waals surface area (Å²) in [6.07, 6.45) is 1.75. The maximum Gasteiger partial charge on any atom is 0.259 e. The summed E-state index contributed by atoms with van der Waals surface area (Å²) in [6.45, 7) is 9.97. The monoisotopic (exact) mass is 446 g/mol. The van der Waals surface area contributed by atoms with Crippen LogP contribution in [0.4, 0.5) is 0 Å². The second kappa shape index (κ2) is 9.18. The Morgan fingerprint density at radius 1 is 1.30 bits per heavy atom. The van der Waals surface area contributed by atoms with Gasteiger partial charge in [-0.15, -0.1) is 23.1 Å². The second-order valence-corrected chi connectivity index (χ2v) is 9.73. The van der Waals surface area contributed by atoms with E-state index in [1.165, 1.54) is 23.1 Å². The van der Waals surface area contributed by atoms with Gasteiger partial charge in [-0.05, 0) is 40.2 Å². The van der Waals surface area contributed by atoms with Crippen LogP contribution in [0.5, 0.6) is 5.75 Å². The fourth-order valence-electron chi connectivity index (χ4n) is 3.21. The number of rotatable bonds is 7. The number of H-pyrrole nitrogens is 1. The van der Waals surface area contributed by atoms with Crippen LogP contribution in [0.1, 0.15) is 40.0 Å². The van der Waals surface area contributed by atoms with Crippen LogP contribution in [-0.2, 0) is 17.1 Å². The van der Waals surface area contributed by atoms with E-state index in [4.69, 9.17) is 4.74 Å². The zero-order chi connectivity index (χ0) is 22.0. The molecule has 0 saturated heterocycles. The molecular weight excluding hydrogens is 420 g/mol. The first kappa shape index (κ1) is 22.3. The fourth-order valence-corrected chi connectivity index (χ4v) is 5.04. The third kappa shape index (κ3) is 4.52. The molecule has 0 aliphatic rings. The molecule has 0 radical (unpaired) electrons. The molecule has 7 nitrogen and oxygen atoms in total. The average Bonchev–Trinajstić information content (AvgIpc) is 2.99. The number of fused-ring (bicyclic) bond motifs is 1. The molecule has 1 unspecified atom stereocenters. The Morgan fingerprint density at radius 3 is 2.73 bits per heavy atom. The first-order valence-corrected chi connectivity index (χ1v) is 11.5.